The Balaban J connectivity index is 2.36. The van der Waals surface area contributed by atoms with Crippen molar-refractivity contribution in [1.82, 2.24) is 5.43 Å². The van der Waals surface area contributed by atoms with Gasteiger partial charge in [0, 0.05) is 17.1 Å². The second-order valence-electron chi connectivity index (χ2n) is 4.12. The van der Waals surface area contributed by atoms with Gasteiger partial charge >= 0.3 is 6.18 Å². The van der Waals surface area contributed by atoms with E-state index in [0.717, 1.165) is 10.0 Å². The quantitative estimate of drug-likeness (QED) is 0.456. The molecule has 0 aromatic heterocycles. The lowest BCUT2D eigenvalue weighted by atomic mass is 10.0. The monoisotopic (exact) mass is 340 g/mol. The van der Waals surface area contributed by atoms with E-state index in [1.807, 2.05) is 24.3 Å². The number of hydrazine groups is 1. The van der Waals surface area contributed by atoms with E-state index in [4.69, 9.17) is 5.84 Å². The van der Waals surface area contributed by atoms with Crippen molar-refractivity contribution in [3.8, 4) is 0 Å². The molecule has 0 bridgehead atoms. The molecule has 1 atom stereocenters. The molecule has 1 aromatic carbocycles. The van der Waals surface area contributed by atoms with E-state index in [1.54, 1.807) is 0 Å². The Morgan fingerprint density at radius 3 is 2.58 bits per heavy atom. The molecule has 0 aliphatic rings. The summed E-state index contributed by atoms with van der Waals surface area (Å²) in [6.07, 6.45) is -3.25. The largest absolute Gasteiger partial charge is 0.411 e. The lowest BCUT2D eigenvalue weighted by molar-refractivity contribution is -0.174. The molecule has 7 heteroatoms. The molecular weight excluding hydrogens is 325 g/mol. The summed E-state index contributed by atoms with van der Waals surface area (Å²) in [5.41, 5.74) is 3.64. The van der Waals surface area contributed by atoms with Crippen LogP contribution in [0.1, 0.15) is 12.0 Å². The number of halogens is 4. The van der Waals surface area contributed by atoms with Crippen molar-refractivity contribution in [1.29, 1.82) is 0 Å². The lowest BCUT2D eigenvalue weighted by Gasteiger charge is -2.17. The van der Waals surface area contributed by atoms with Crippen LogP contribution in [-0.2, 0) is 11.2 Å². The predicted molar refractivity (Wildman–Crippen MR) is 70.4 cm³/mol. The lowest BCUT2D eigenvalue weighted by Crippen LogP contribution is -2.38. The SMILES string of the molecule is NNC(CCOCC(F)(F)F)Cc1ccccc1Br. The summed E-state index contributed by atoms with van der Waals surface area (Å²) in [6, 6.07) is 7.50. The van der Waals surface area contributed by atoms with Gasteiger partial charge in [-0.3, -0.25) is 11.3 Å². The van der Waals surface area contributed by atoms with Crippen LogP contribution >= 0.6 is 15.9 Å². The molecule has 0 spiro atoms. The van der Waals surface area contributed by atoms with Gasteiger partial charge in [-0.2, -0.15) is 13.2 Å². The van der Waals surface area contributed by atoms with Crippen molar-refractivity contribution in [3.05, 3.63) is 34.3 Å². The average molecular weight is 341 g/mol. The van der Waals surface area contributed by atoms with Gasteiger partial charge in [0.1, 0.15) is 6.61 Å². The van der Waals surface area contributed by atoms with Crippen molar-refractivity contribution in [2.45, 2.75) is 25.1 Å². The molecular formula is C12H16BrF3N2O. The highest BCUT2D eigenvalue weighted by Gasteiger charge is 2.27. The Hall–Kier alpha value is -0.630. The fraction of sp³-hybridized carbons (Fsp3) is 0.500. The molecule has 0 aliphatic heterocycles. The summed E-state index contributed by atoms with van der Waals surface area (Å²) in [5.74, 6) is 5.40. The molecule has 0 saturated heterocycles. The van der Waals surface area contributed by atoms with Gasteiger partial charge in [-0.15, -0.1) is 0 Å². The summed E-state index contributed by atoms with van der Waals surface area (Å²) >= 11 is 3.41. The number of benzene rings is 1. The molecule has 0 radical (unpaired) electrons. The maximum absolute atomic E-state index is 11.9. The third-order valence-corrected chi connectivity index (χ3v) is 3.31. The summed E-state index contributed by atoms with van der Waals surface area (Å²) in [7, 11) is 0. The molecule has 19 heavy (non-hydrogen) atoms. The summed E-state index contributed by atoms with van der Waals surface area (Å²) in [6.45, 7) is -1.21. The van der Waals surface area contributed by atoms with Crippen molar-refractivity contribution in [2.24, 2.45) is 5.84 Å². The van der Waals surface area contributed by atoms with Gasteiger partial charge in [0.2, 0.25) is 0 Å². The third-order valence-electron chi connectivity index (χ3n) is 2.54. The maximum atomic E-state index is 11.9. The molecule has 108 valence electrons. The van der Waals surface area contributed by atoms with Crippen LogP contribution in [0.3, 0.4) is 0 Å². The summed E-state index contributed by atoms with van der Waals surface area (Å²) in [5, 5.41) is 0. The van der Waals surface area contributed by atoms with Gasteiger partial charge in [0.25, 0.3) is 0 Å². The van der Waals surface area contributed by atoms with Crippen LogP contribution < -0.4 is 11.3 Å². The Morgan fingerprint density at radius 1 is 1.32 bits per heavy atom. The Kier molecular flexibility index (Phi) is 6.78. The van der Waals surface area contributed by atoms with Gasteiger partial charge in [0.05, 0.1) is 0 Å². The number of hydrogen-bond donors (Lipinski definition) is 2. The fourth-order valence-electron chi connectivity index (χ4n) is 1.59. The van der Waals surface area contributed by atoms with E-state index in [-0.39, 0.29) is 12.6 Å². The van der Waals surface area contributed by atoms with E-state index < -0.39 is 12.8 Å². The van der Waals surface area contributed by atoms with E-state index in [2.05, 4.69) is 26.1 Å². The van der Waals surface area contributed by atoms with Gasteiger partial charge in [-0.1, -0.05) is 34.1 Å². The number of nitrogens with one attached hydrogen (secondary N) is 1. The first-order valence-corrected chi connectivity index (χ1v) is 6.55. The molecule has 0 amide bonds. The van der Waals surface area contributed by atoms with Crippen LogP contribution in [0.5, 0.6) is 0 Å². The Morgan fingerprint density at radius 2 is 2.00 bits per heavy atom. The second-order valence-corrected chi connectivity index (χ2v) is 4.97. The first-order valence-electron chi connectivity index (χ1n) is 5.76. The van der Waals surface area contributed by atoms with Crippen LogP contribution in [0, 0.1) is 0 Å². The third kappa shape index (κ3) is 6.91. The predicted octanol–water partition coefficient (Wildman–Crippen LogP) is 2.79. The first kappa shape index (κ1) is 16.4. The molecule has 3 N–H and O–H groups in total. The Labute approximate surface area is 118 Å². The highest BCUT2D eigenvalue weighted by atomic mass is 79.9. The first-order chi connectivity index (χ1) is 8.92. The van der Waals surface area contributed by atoms with Gasteiger partial charge < -0.3 is 4.74 Å². The molecule has 0 saturated carbocycles. The zero-order valence-electron chi connectivity index (χ0n) is 10.2. The fourth-order valence-corrected chi connectivity index (χ4v) is 2.03. The molecule has 1 rings (SSSR count). The minimum Gasteiger partial charge on any atom is -0.372 e. The zero-order valence-corrected chi connectivity index (χ0v) is 11.8. The minimum atomic E-state index is -4.28. The minimum absolute atomic E-state index is 0.0127. The second kappa shape index (κ2) is 7.84. The van der Waals surface area contributed by atoms with Crippen molar-refractivity contribution in [2.75, 3.05) is 13.2 Å². The topological polar surface area (TPSA) is 47.3 Å². The molecule has 0 fully saturated rings. The van der Waals surface area contributed by atoms with E-state index >= 15 is 0 Å². The number of hydrogen-bond acceptors (Lipinski definition) is 3. The van der Waals surface area contributed by atoms with E-state index in [9.17, 15) is 13.2 Å². The standard InChI is InChI=1S/C12H16BrF3N2O/c13-11-4-2-1-3-9(11)7-10(18-17)5-6-19-8-12(14,15)16/h1-4,10,18H,5-8,17H2. The molecule has 1 aromatic rings. The van der Waals surface area contributed by atoms with E-state index in [0.29, 0.717) is 12.8 Å². The molecule has 3 nitrogen and oxygen atoms in total. The van der Waals surface area contributed by atoms with Crippen LogP contribution in [0.25, 0.3) is 0 Å². The number of nitrogens with two attached hydrogens (primary N) is 1. The zero-order chi connectivity index (χ0) is 14.3. The van der Waals surface area contributed by atoms with Gasteiger partial charge in [0.15, 0.2) is 0 Å². The molecule has 1 unspecified atom stereocenters. The Bertz CT molecular complexity index is 387. The highest BCUT2D eigenvalue weighted by molar-refractivity contribution is 9.10. The number of rotatable bonds is 7. The molecule has 0 heterocycles. The number of alkyl halides is 3. The van der Waals surface area contributed by atoms with Crippen molar-refractivity contribution < 1.29 is 17.9 Å². The smallest absolute Gasteiger partial charge is 0.372 e. The van der Waals surface area contributed by atoms with Gasteiger partial charge in [-0.25, -0.2) is 0 Å². The normalized spacial score (nSPS) is 13.5. The van der Waals surface area contributed by atoms with Crippen molar-refractivity contribution >= 4 is 15.9 Å². The van der Waals surface area contributed by atoms with Crippen molar-refractivity contribution in [3.63, 3.8) is 0 Å². The summed E-state index contributed by atoms with van der Waals surface area (Å²) in [4.78, 5) is 0. The average Bonchev–Trinajstić information content (AvgIpc) is 2.34. The molecule has 0 aliphatic carbocycles. The maximum Gasteiger partial charge on any atom is 0.411 e. The highest BCUT2D eigenvalue weighted by Crippen LogP contribution is 2.18. The van der Waals surface area contributed by atoms with E-state index in [1.165, 1.54) is 0 Å². The number of ether oxygens (including phenoxy) is 1. The van der Waals surface area contributed by atoms with Gasteiger partial charge in [-0.05, 0) is 24.5 Å². The van der Waals surface area contributed by atoms with Crippen LogP contribution in [-0.4, -0.2) is 25.4 Å². The van der Waals surface area contributed by atoms with Crippen LogP contribution in [0.4, 0.5) is 13.2 Å². The van der Waals surface area contributed by atoms with Crippen LogP contribution in [0.15, 0.2) is 28.7 Å². The summed E-state index contributed by atoms with van der Waals surface area (Å²) < 4.78 is 41.2. The van der Waals surface area contributed by atoms with Crippen LogP contribution in [0.2, 0.25) is 0 Å².